The first-order chi connectivity index (χ1) is 8.95. The summed E-state index contributed by atoms with van der Waals surface area (Å²) in [7, 11) is 0. The number of hydrogen-bond donors (Lipinski definition) is 1. The zero-order valence-electron chi connectivity index (χ0n) is 10.9. The molecule has 0 saturated heterocycles. The van der Waals surface area contributed by atoms with Gasteiger partial charge in [-0.25, -0.2) is 4.98 Å². The number of nitrogens with zero attached hydrogens (tertiary/aromatic N) is 2. The van der Waals surface area contributed by atoms with Crippen molar-refractivity contribution in [2.24, 2.45) is 0 Å². The van der Waals surface area contributed by atoms with Crippen LogP contribution in [0.4, 0.5) is 5.88 Å². The highest BCUT2D eigenvalue weighted by Crippen LogP contribution is 2.19. The van der Waals surface area contributed by atoms with Gasteiger partial charge in [-0.05, 0) is 25.0 Å². The first-order valence-corrected chi connectivity index (χ1v) is 6.25. The van der Waals surface area contributed by atoms with Gasteiger partial charge in [-0.2, -0.15) is 0 Å². The van der Waals surface area contributed by atoms with Crippen molar-refractivity contribution in [2.75, 3.05) is 5.32 Å². The Bertz CT molecular complexity index is 608. The molecule has 0 unspecified atom stereocenters. The molecule has 2 aromatic heterocycles. The lowest BCUT2D eigenvalue weighted by Crippen LogP contribution is -2.12. The fourth-order valence-corrected chi connectivity index (χ4v) is 1.77. The Kier molecular flexibility index (Phi) is 3.85. The molecule has 5 nitrogen and oxygen atoms in total. The summed E-state index contributed by atoms with van der Waals surface area (Å²) in [4.78, 5) is 16.2. The number of aromatic nitrogens is 2. The molecule has 0 aliphatic carbocycles. The first-order valence-electron chi connectivity index (χ1n) is 5.88. The van der Waals surface area contributed by atoms with E-state index in [0.717, 1.165) is 5.69 Å². The van der Waals surface area contributed by atoms with Crippen LogP contribution in [0.1, 0.15) is 41.5 Å². The topological polar surface area (TPSA) is 68.0 Å². The number of carbonyl (C=O) groups excluding carboxylic acids is 1. The molecule has 100 valence electrons. The number of carbonyl (C=O) groups is 1. The van der Waals surface area contributed by atoms with Crippen molar-refractivity contribution in [3.05, 3.63) is 40.3 Å². The Hall–Kier alpha value is -1.88. The van der Waals surface area contributed by atoms with Gasteiger partial charge in [-0.15, -0.1) is 0 Å². The average molecular weight is 280 g/mol. The maximum absolute atomic E-state index is 12.1. The van der Waals surface area contributed by atoms with E-state index < -0.39 is 0 Å². The van der Waals surface area contributed by atoms with Crippen molar-refractivity contribution in [2.45, 2.75) is 26.7 Å². The standard InChI is InChI=1S/C13H14ClN3O2/c1-7(2)10-5-9(6-11(14)15-10)13(18)16-12-4-8(3)17-19-12/h4-7H,1-3H3,(H,16,18). The minimum Gasteiger partial charge on any atom is -0.338 e. The third kappa shape index (κ3) is 3.32. The van der Waals surface area contributed by atoms with Crippen LogP contribution in [-0.4, -0.2) is 16.0 Å². The quantitative estimate of drug-likeness (QED) is 0.874. The molecule has 0 aliphatic rings. The van der Waals surface area contributed by atoms with E-state index in [1.54, 1.807) is 19.1 Å². The Morgan fingerprint density at radius 2 is 2.11 bits per heavy atom. The maximum atomic E-state index is 12.1. The molecule has 0 aromatic carbocycles. The molecule has 0 spiro atoms. The predicted molar refractivity (Wildman–Crippen MR) is 72.5 cm³/mol. The van der Waals surface area contributed by atoms with Gasteiger partial charge in [-0.3, -0.25) is 10.1 Å². The highest BCUT2D eigenvalue weighted by molar-refractivity contribution is 6.29. The molecule has 1 N–H and O–H groups in total. The Labute approximate surface area is 116 Å². The summed E-state index contributed by atoms with van der Waals surface area (Å²) in [6.07, 6.45) is 0. The van der Waals surface area contributed by atoms with E-state index >= 15 is 0 Å². The monoisotopic (exact) mass is 279 g/mol. The van der Waals surface area contributed by atoms with Crippen LogP contribution in [0.15, 0.2) is 22.7 Å². The predicted octanol–water partition coefficient (Wildman–Crippen LogP) is 3.41. The Balaban J connectivity index is 2.23. The number of rotatable bonds is 3. The normalized spacial score (nSPS) is 10.8. The third-order valence-corrected chi connectivity index (χ3v) is 2.73. The van der Waals surface area contributed by atoms with Crippen LogP contribution in [0.3, 0.4) is 0 Å². The fraction of sp³-hybridized carbons (Fsp3) is 0.308. The van der Waals surface area contributed by atoms with E-state index in [1.165, 1.54) is 6.07 Å². The van der Waals surface area contributed by atoms with E-state index in [0.29, 0.717) is 22.3 Å². The SMILES string of the molecule is Cc1cc(NC(=O)c2cc(Cl)nc(C(C)C)c2)on1. The van der Waals surface area contributed by atoms with Gasteiger partial charge < -0.3 is 4.52 Å². The molecule has 2 aromatic rings. The van der Waals surface area contributed by atoms with Crippen molar-refractivity contribution in [1.82, 2.24) is 10.1 Å². The van der Waals surface area contributed by atoms with E-state index in [4.69, 9.17) is 16.1 Å². The van der Waals surface area contributed by atoms with E-state index in [9.17, 15) is 4.79 Å². The number of nitrogens with one attached hydrogen (secondary N) is 1. The summed E-state index contributed by atoms with van der Waals surface area (Å²) in [6.45, 7) is 5.75. The van der Waals surface area contributed by atoms with Crippen LogP contribution in [0.25, 0.3) is 0 Å². The zero-order chi connectivity index (χ0) is 14.0. The summed E-state index contributed by atoms with van der Waals surface area (Å²) < 4.78 is 4.93. The van der Waals surface area contributed by atoms with Gasteiger partial charge in [0, 0.05) is 17.3 Å². The largest absolute Gasteiger partial charge is 0.338 e. The minimum atomic E-state index is -0.303. The smallest absolute Gasteiger partial charge is 0.258 e. The molecule has 0 aliphatic heterocycles. The second kappa shape index (κ2) is 5.40. The van der Waals surface area contributed by atoms with Gasteiger partial charge in [0.25, 0.3) is 5.91 Å². The lowest BCUT2D eigenvalue weighted by atomic mass is 10.1. The summed E-state index contributed by atoms with van der Waals surface area (Å²) in [5.74, 6) is 0.196. The van der Waals surface area contributed by atoms with Crippen LogP contribution >= 0.6 is 11.6 Å². The highest BCUT2D eigenvalue weighted by Gasteiger charge is 2.13. The third-order valence-electron chi connectivity index (χ3n) is 2.53. The van der Waals surface area contributed by atoms with Crippen LogP contribution in [0.2, 0.25) is 5.15 Å². The van der Waals surface area contributed by atoms with Crippen molar-refractivity contribution in [1.29, 1.82) is 0 Å². The van der Waals surface area contributed by atoms with E-state index in [1.807, 2.05) is 13.8 Å². The zero-order valence-corrected chi connectivity index (χ0v) is 11.7. The first kappa shape index (κ1) is 13.5. The van der Waals surface area contributed by atoms with Gasteiger partial charge >= 0.3 is 0 Å². The van der Waals surface area contributed by atoms with Crippen molar-refractivity contribution < 1.29 is 9.32 Å². The molecule has 2 heterocycles. The number of halogens is 1. The van der Waals surface area contributed by atoms with Crippen molar-refractivity contribution >= 4 is 23.4 Å². The van der Waals surface area contributed by atoms with Gasteiger partial charge in [0.2, 0.25) is 5.88 Å². The Morgan fingerprint density at radius 1 is 1.37 bits per heavy atom. The average Bonchev–Trinajstić information content (AvgIpc) is 2.73. The number of pyridine rings is 1. The lowest BCUT2D eigenvalue weighted by molar-refractivity contribution is 0.102. The number of aryl methyl sites for hydroxylation is 1. The van der Waals surface area contributed by atoms with Crippen LogP contribution in [0, 0.1) is 6.92 Å². The van der Waals surface area contributed by atoms with Crippen molar-refractivity contribution in [3.8, 4) is 0 Å². The van der Waals surface area contributed by atoms with Gasteiger partial charge in [0.15, 0.2) is 0 Å². The van der Waals surface area contributed by atoms with Gasteiger partial charge in [0.1, 0.15) is 5.15 Å². The lowest BCUT2D eigenvalue weighted by Gasteiger charge is -2.07. The molecule has 6 heteroatoms. The highest BCUT2D eigenvalue weighted by atomic mass is 35.5. The molecular weight excluding hydrogens is 266 g/mol. The number of anilines is 1. The molecular formula is C13H14ClN3O2. The summed E-state index contributed by atoms with van der Waals surface area (Å²) in [5.41, 5.74) is 1.91. The number of hydrogen-bond acceptors (Lipinski definition) is 4. The van der Waals surface area contributed by atoms with Crippen LogP contribution in [0.5, 0.6) is 0 Å². The van der Waals surface area contributed by atoms with Crippen molar-refractivity contribution in [3.63, 3.8) is 0 Å². The van der Waals surface area contributed by atoms with E-state index in [-0.39, 0.29) is 11.8 Å². The second-order valence-corrected chi connectivity index (χ2v) is 4.93. The minimum absolute atomic E-state index is 0.192. The summed E-state index contributed by atoms with van der Waals surface area (Å²) in [6, 6.07) is 4.88. The maximum Gasteiger partial charge on any atom is 0.258 e. The molecule has 1 amide bonds. The molecule has 0 radical (unpaired) electrons. The van der Waals surface area contributed by atoms with Gasteiger partial charge in [-0.1, -0.05) is 30.6 Å². The molecule has 2 rings (SSSR count). The van der Waals surface area contributed by atoms with E-state index in [2.05, 4.69) is 15.5 Å². The fourth-order valence-electron chi connectivity index (χ4n) is 1.55. The molecule has 19 heavy (non-hydrogen) atoms. The number of amides is 1. The van der Waals surface area contributed by atoms with Crippen LogP contribution < -0.4 is 5.32 Å². The molecule has 0 fully saturated rings. The summed E-state index contributed by atoms with van der Waals surface area (Å²) >= 11 is 5.92. The second-order valence-electron chi connectivity index (χ2n) is 4.54. The summed E-state index contributed by atoms with van der Waals surface area (Å²) in [5, 5.41) is 6.61. The molecule has 0 saturated carbocycles. The van der Waals surface area contributed by atoms with Crippen LogP contribution in [-0.2, 0) is 0 Å². The Morgan fingerprint density at radius 3 is 2.68 bits per heavy atom. The van der Waals surface area contributed by atoms with Gasteiger partial charge in [0.05, 0.1) is 5.69 Å². The molecule has 0 atom stereocenters. The molecule has 0 bridgehead atoms.